The second-order valence-corrected chi connectivity index (χ2v) is 3.36. The van der Waals surface area contributed by atoms with Crippen molar-refractivity contribution in [1.29, 1.82) is 0 Å². The van der Waals surface area contributed by atoms with Gasteiger partial charge < -0.3 is 32.5 Å². The Kier molecular flexibility index (Phi) is 12.0. The number of carboxylic acids is 2. The van der Waals surface area contributed by atoms with Gasteiger partial charge in [-0.2, -0.15) is 0 Å². The second-order valence-electron chi connectivity index (χ2n) is 3.36. The van der Waals surface area contributed by atoms with Gasteiger partial charge in [0.05, 0.1) is 6.61 Å². The van der Waals surface area contributed by atoms with Gasteiger partial charge in [-0.1, -0.05) is 6.42 Å². The highest BCUT2D eigenvalue weighted by Crippen LogP contribution is 1.96. The van der Waals surface area contributed by atoms with Crippen LogP contribution in [0.5, 0.6) is 0 Å². The lowest BCUT2D eigenvalue weighted by Gasteiger charge is -2.03. The molecule has 0 aliphatic carbocycles. The van der Waals surface area contributed by atoms with Crippen molar-refractivity contribution in [2.45, 2.75) is 31.3 Å². The Morgan fingerprint density at radius 3 is 1.71 bits per heavy atom. The highest BCUT2D eigenvalue weighted by Gasteiger charge is 2.09. The molecule has 0 heterocycles. The fourth-order valence-corrected chi connectivity index (χ4v) is 0.710. The summed E-state index contributed by atoms with van der Waals surface area (Å²) in [5.74, 6) is -2.11. The molecule has 0 aromatic carbocycles. The molecule has 8 nitrogen and oxygen atoms in total. The molecular weight excluding hydrogens is 230 g/mol. The summed E-state index contributed by atoms with van der Waals surface area (Å²) in [7, 11) is 0. The Morgan fingerprint density at radius 2 is 1.47 bits per heavy atom. The molecule has 102 valence electrons. The van der Waals surface area contributed by atoms with E-state index >= 15 is 0 Å². The van der Waals surface area contributed by atoms with Crippen LogP contribution in [0.15, 0.2) is 0 Å². The predicted molar refractivity (Wildman–Crippen MR) is 61.2 cm³/mol. The maximum Gasteiger partial charge on any atom is 0.322 e. The highest BCUT2D eigenvalue weighted by molar-refractivity contribution is 5.73. The van der Waals surface area contributed by atoms with Crippen molar-refractivity contribution in [3.63, 3.8) is 0 Å². The van der Waals surface area contributed by atoms with Crippen molar-refractivity contribution < 1.29 is 24.9 Å². The van der Waals surface area contributed by atoms with Gasteiger partial charge in [-0.25, -0.2) is 0 Å². The molecule has 0 saturated heterocycles. The Bertz CT molecular complexity index is 225. The largest absolute Gasteiger partial charge is 0.480 e. The lowest BCUT2D eigenvalue weighted by atomic mass is 10.1. The van der Waals surface area contributed by atoms with Gasteiger partial charge >= 0.3 is 11.9 Å². The molecule has 0 aliphatic rings. The molecule has 2 atom stereocenters. The Balaban J connectivity index is 0. The van der Waals surface area contributed by atoms with Crippen molar-refractivity contribution in [2.24, 2.45) is 17.2 Å². The molecule has 8 heteroatoms. The fraction of sp³-hybridized carbons (Fsp3) is 0.778. The first-order valence-corrected chi connectivity index (χ1v) is 5.14. The van der Waals surface area contributed by atoms with Crippen LogP contribution in [0.1, 0.15) is 19.3 Å². The minimum absolute atomic E-state index is 0.505. The molecule has 0 aliphatic heterocycles. The Morgan fingerprint density at radius 1 is 1.00 bits per heavy atom. The number of unbranched alkanes of at least 4 members (excludes halogenated alkanes) is 1. The number of hydrogen-bond donors (Lipinski definition) is 6. The number of aliphatic carboxylic acids is 2. The van der Waals surface area contributed by atoms with Gasteiger partial charge in [-0.15, -0.1) is 0 Å². The van der Waals surface area contributed by atoms with Gasteiger partial charge in [0.15, 0.2) is 0 Å². The maximum absolute atomic E-state index is 10.1. The van der Waals surface area contributed by atoms with Crippen molar-refractivity contribution in [1.82, 2.24) is 0 Å². The van der Waals surface area contributed by atoms with Gasteiger partial charge in [0.25, 0.3) is 0 Å². The van der Waals surface area contributed by atoms with Crippen molar-refractivity contribution in [2.75, 3.05) is 13.2 Å². The van der Waals surface area contributed by atoms with E-state index in [4.69, 9.17) is 32.5 Å². The summed E-state index contributed by atoms with van der Waals surface area (Å²) in [5.41, 5.74) is 15.2. The van der Waals surface area contributed by atoms with Gasteiger partial charge in [-0.3, -0.25) is 9.59 Å². The molecule has 0 aromatic heterocycles. The molecule has 0 aromatic rings. The van der Waals surface area contributed by atoms with E-state index in [9.17, 15) is 9.59 Å². The summed E-state index contributed by atoms with van der Waals surface area (Å²) in [6.45, 7) is 0.0989. The van der Waals surface area contributed by atoms with Gasteiger partial charge in [-0.05, 0) is 19.4 Å². The molecule has 0 fully saturated rings. The molecule has 0 amide bonds. The van der Waals surface area contributed by atoms with Crippen molar-refractivity contribution >= 4 is 11.9 Å². The van der Waals surface area contributed by atoms with E-state index in [0.29, 0.717) is 13.0 Å². The first kappa shape index (κ1) is 18.2. The summed E-state index contributed by atoms with van der Waals surface area (Å²) < 4.78 is 0. The molecule has 0 saturated carbocycles. The van der Waals surface area contributed by atoms with E-state index in [2.05, 4.69) is 0 Å². The first-order valence-electron chi connectivity index (χ1n) is 5.14. The topological polar surface area (TPSA) is 173 Å². The smallest absolute Gasteiger partial charge is 0.322 e. The van der Waals surface area contributed by atoms with Gasteiger partial charge in [0.1, 0.15) is 12.1 Å². The molecule has 0 spiro atoms. The molecule has 0 bridgehead atoms. The molecule has 17 heavy (non-hydrogen) atoms. The van der Waals surface area contributed by atoms with Gasteiger partial charge in [0, 0.05) is 0 Å². The monoisotopic (exact) mass is 251 g/mol. The van der Waals surface area contributed by atoms with Crippen LogP contribution in [0.4, 0.5) is 0 Å². The molecule has 0 rings (SSSR count). The Hall–Kier alpha value is -1.22. The van der Waals surface area contributed by atoms with E-state index in [0.717, 1.165) is 12.8 Å². The number of hydrogen-bond acceptors (Lipinski definition) is 6. The zero-order valence-electron chi connectivity index (χ0n) is 9.58. The normalized spacial score (nSPS) is 13.2. The second kappa shape index (κ2) is 11.3. The minimum atomic E-state index is -1.18. The van der Waals surface area contributed by atoms with E-state index < -0.39 is 30.6 Å². The fourth-order valence-electron chi connectivity index (χ4n) is 0.710. The van der Waals surface area contributed by atoms with Crippen LogP contribution in [-0.2, 0) is 9.59 Å². The van der Waals surface area contributed by atoms with Gasteiger partial charge in [0.2, 0.25) is 0 Å². The third-order valence-electron chi connectivity index (χ3n) is 1.80. The zero-order valence-corrected chi connectivity index (χ0v) is 9.58. The zero-order chi connectivity index (χ0) is 13.8. The number of aliphatic hydroxyl groups excluding tert-OH is 1. The minimum Gasteiger partial charge on any atom is -0.480 e. The number of carboxylic acid groups (broad SMARTS) is 2. The van der Waals surface area contributed by atoms with Crippen LogP contribution in [0, 0.1) is 0 Å². The van der Waals surface area contributed by atoms with Crippen LogP contribution < -0.4 is 17.2 Å². The summed E-state index contributed by atoms with van der Waals surface area (Å²) in [6.07, 6.45) is 2.16. The average molecular weight is 251 g/mol. The highest BCUT2D eigenvalue weighted by atomic mass is 16.4. The molecule has 0 radical (unpaired) electrons. The van der Waals surface area contributed by atoms with Crippen LogP contribution in [0.2, 0.25) is 0 Å². The number of aliphatic hydroxyl groups is 1. The summed E-state index contributed by atoms with van der Waals surface area (Å²) >= 11 is 0. The van der Waals surface area contributed by atoms with E-state index in [-0.39, 0.29) is 0 Å². The quantitative estimate of drug-likeness (QED) is 0.279. The summed E-state index contributed by atoms with van der Waals surface area (Å²) in [4.78, 5) is 19.8. The lowest BCUT2D eigenvalue weighted by molar-refractivity contribution is -0.140. The van der Waals surface area contributed by atoms with Crippen LogP contribution in [-0.4, -0.2) is 52.5 Å². The van der Waals surface area contributed by atoms with Crippen molar-refractivity contribution in [3.8, 4) is 0 Å². The summed E-state index contributed by atoms with van der Waals surface area (Å²) in [5, 5.41) is 24.2. The number of nitrogens with two attached hydrogens (primary N) is 3. The lowest BCUT2D eigenvalue weighted by Crippen LogP contribution is -2.33. The van der Waals surface area contributed by atoms with E-state index in [1.807, 2.05) is 0 Å². The molecule has 0 unspecified atom stereocenters. The predicted octanol–water partition coefficient (Wildman–Crippen LogP) is -2.08. The molecule has 9 N–H and O–H groups in total. The number of rotatable bonds is 7. The van der Waals surface area contributed by atoms with Crippen LogP contribution >= 0.6 is 0 Å². The molecular formula is C9H21N3O5. The SMILES string of the molecule is NCCCC[C@H](N)C(=O)O.N[C@@H](CO)C(=O)O. The van der Waals surface area contributed by atoms with Crippen LogP contribution in [0.25, 0.3) is 0 Å². The number of carbonyl (C=O) groups is 2. The van der Waals surface area contributed by atoms with E-state index in [1.54, 1.807) is 0 Å². The third kappa shape index (κ3) is 12.7. The standard InChI is InChI=1S/C6H14N2O2.C3H7NO3/c7-4-2-1-3-5(8)6(9)10;4-2(1-5)3(6)7/h5H,1-4,7-8H2,(H,9,10);2,5H,1,4H2,(H,6,7)/t5-;2-/m00/s1. The summed E-state index contributed by atoms with van der Waals surface area (Å²) in [6, 6.07) is -1.84. The Labute approximate surface area is 99.4 Å². The average Bonchev–Trinajstić information content (AvgIpc) is 2.28. The van der Waals surface area contributed by atoms with Crippen molar-refractivity contribution in [3.05, 3.63) is 0 Å². The maximum atomic E-state index is 10.1. The van der Waals surface area contributed by atoms with Crippen LogP contribution in [0.3, 0.4) is 0 Å². The van der Waals surface area contributed by atoms with E-state index in [1.165, 1.54) is 0 Å². The third-order valence-corrected chi connectivity index (χ3v) is 1.80. The first-order chi connectivity index (χ1) is 7.86.